The van der Waals surface area contributed by atoms with Crippen molar-refractivity contribution >= 4 is 16.9 Å². The number of aryl methyl sites for hydroxylation is 2. The molecule has 0 N–H and O–H groups in total. The van der Waals surface area contributed by atoms with Crippen molar-refractivity contribution in [1.29, 1.82) is 5.26 Å². The standard InChI is InChI=1S/C19H19N5O3/c1-22-17-16(18(26)23(2)19(22)27)24(12-21-17)11-15(25)5-3-4-13-6-8-14(10-20)9-7-13/h6-9,12H,3-5,11H2,1-2H3. The van der Waals surface area contributed by atoms with Gasteiger partial charge in [-0.25, -0.2) is 9.78 Å². The lowest BCUT2D eigenvalue weighted by atomic mass is 10.1. The second-order valence-corrected chi connectivity index (χ2v) is 6.45. The van der Waals surface area contributed by atoms with Gasteiger partial charge in [0.1, 0.15) is 0 Å². The van der Waals surface area contributed by atoms with Crippen molar-refractivity contribution in [2.75, 3.05) is 0 Å². The molecule has 138 valence electrons. The van der Waals surface area contributed by atoms with Crippen molar-refractivity contribution in [3.8, 4) is 6.07 Å². The summed E-state index contributed by atoms with van der Waals surface area (Å²) in [6.07, 6.45) is 3.20. The van der Waals surface area contributed by atoms with Crippen molar-refractivity contribution in [2.45, 2.75) is 25.8 Å². The number of fused-ring (bicyclic) bond motifs is 1. The van der Waals surface area contributed by atoms with Crippen LogP contribution in [0.15, 0.2) is 40.2 Å². The van der Waals surface area contributed by atoms with Crippen LogP contribution in [0.4, 0.5) is 0 Å². The van der Waals surface area contributed by atoms with Gasteiger partial charge in [-0.2, -0.15) is 5.26 Å². The van der Waals surface area contributed by atoms with Crippen LogP contribution in [0.5, 0.6) is 0 Å². The number of hydrogen-bond donors (Lipinski definition) is 0. The van der Waals surface area contributed by atoms with Gasteiger partial charge in [0.15, 0.2) is 16.9 Å². The molecular weight excluding hydrogens is 346 g/mol. The van der Waals surface area contributed by atoms with Crippen molar-refractivity contribution in [1.82, 2.24) is 18.7 Å². The molecule has 0 aliphatic rings. The predicted molar refractivity (Wildman–Crippen MR) is 99.3 cm³/mol. The largest absolute Gasteiger partial charge is 0.332 e. The highest BCUT2D eigenvalue weighted by molar-refractivity contribution is 5.80. The van der Waals surface area contributed by atoms with Gasteiger partial charge in [-0.15, -0.1) is 0 Å². The minimum atomic E-state index is -0.462. The molecule has 0 fully saturated rings. The smallest absolute Gasteiger partial charge is 0.317 e. The lowest BCUT2D eigenvalue weighted by Crippen LogP contribution is -2.37. The van der Waals surface area contributed by atoms with Gasteiger partial charge in [0.05, 0.1) is 24.5 Å². The van der Waals surface area contributed by atoms with Gasteiger partial charge in [0.25, 0.3) is 5.56 Å². The summed E-state index contributed by atoms with van der Waals surface area (Å²) < 4.78 is 3.81. The van der Waals surface area contributed by atoms with E-state index in [1.807, 2.05) is 12.1 Å². The molecule has 0 atom stereocenters. The zero-order valence-corrected chi connectivity index (χ0v) is 15.2. The van der Waals surface area contributed by atoms with Crippen molar-refractivity contribution in [3.05, 3.63) is 62.6 Å². The van der Waals surface area contributed by atoms with Crippen LogP contribution in [0.25, 0.3) is 11.2 Å². The van der Waals surface area contributed by atoms with E-state index in [2.05, 4.69) is 11.1 Å². The molecule has 0 aliphatic heterocycles. The van der Waals surface area contributed by atoms with E-state index in [-0.39, 0.29) is 23.5 Å². The first kappa shape index (κ1) is 18.3. The first-order chi connectivity index (χ1) is 12.9. The highest BCUT2D eigenvalue weighted by Crippen LogP contribution is 2.10. The lowest BCUT2D eigenvalue weighted by molar-refractivity contribution is -0.119. The molecule has 0 unspecified atom stereocenters. The molecule has 0 aliphatic carbocycles. The maximum atomic E-state index is 12.4. The van der Waals surface area contributed by atoms with E-state index >= 15 is 0 Å². The molecule has 8 nitrogen and oxygen atoms in total. The molecular formula is C19H19N5O3. The number of rotatable bonds is 6. The summed E-state index contributed by atoms with van der Waals surface area (Å²) >= 11 is 0. The van der Waals surface area contributed by atoms with E-state index in [4.69, 9.17) is 5.26 Å². The number of carbonyl (C=O) groups excluding carboxylic acids is 1. The molecule has 3 aromatic rings. The number of nitrogens with zero attached hydrogens (tertiary/aromatic N) is 5. The number of carbonyl (C=O) groups is 1. The Kier molecular flexibility index (Phi) is 5.03. The summed E-state index contributed by atoms with van der Waals surface area (Å²) in [6, 6.07) is 9.36. The molecule has 27 heavy (non-hydrogen) atoms. The van der Waals surface area contributed by atoms with Gasteiger partial charge in [-0.3, -0.25) is 18.7 Å². The predicted octanol–water partition coefficient (Wildman–Crippen LogP) is 0.897. The minimum Gasteiger partial charge on any atom is -0.317 e. The van der Waals surface area contributed by atoms with Gasteiger partial charge in [0.2, 0.25) is 0 Å². The van der Waals surface area contributed by atoms with E-state index in [0.29, 0.717) is 18.4 Å². The van der Waals surface area contributed by atoms with Crippen LogP contribution in [0, 0.1) is 11.3 Å². The fourth-order valence-electron chi connectivity index (χ4n) is 3.02. The molecule has 8 heteroatoms. The van der Waals surface area contributed by atoms with Crippen LogP contribution in [-0.4, -0.2) is 24.5 Å². The summed E-state index contributed by atoms with van der Waals surface area (Å²) in [5, 5.41) is 8.80. The topological polar surface area (TPSA) is 103 Å². The number of aromatic nitrogens is 4. The SMILES string of the molecule is Cn1c(=O)c2c(ncn2CC(=O)CCCc2ccc(C#N)cc2)n(C)c1=O. The minimum absolute atomic E-state index is 0.0150. The maximum absolute atomic E-state index is 12.4. The molecule has 3 rings (SSSR count). The molecule has 0 amide bonds. The molecule has 2 aromatic heterocycles. The third-order valence-corrected chi connectivity index (χ3v) is 4.57. The Morgan fingerprint density at radius 2 is 1.85 bits per heavy atom. The second kappa shape index (κ2) is 7.41. The van der Waals surface area contributed by atoms with Crippen LogP contribution < -0.4 is 11.2 Å². The van der Waals surface area contributed by atoms with E-state index in [1.165, 1.54) is 22.5 Å². The Hall–Kier alpha value is -3.47. The normalized spacial score (nSPS) is 10.9. The average Bonchev–Trinajstić information content (AvgIpc) is 3.08. The van der Waals surface area contributed by atoms with Crippen LogP contribution in [0.2, 0.25) is 0 Å². The fraction of sp³-hybridized carbons (Fsp3) is 0.316. The molecule has 0 radical (unpaired) electrons. The van der Waals surface area contributed by atoms with E-state index in [0.717, 1.165) is 16.6 Å². The molecule has 1 aromatic carbocycles. The number of Topliss-reactive ketones (excluding diaryl/α,β-unsaturated/α-hetero) is 1. The quantitative estimate of drug-likeness (QED) is 0.646. The summed E-state index contributed by atoms with van der Waals surface area (Å²) in [5.41, 5.74) is 1.28. The van der Waals surface area contributed by atoms with Crippen molar-refractivity contribution in [2.24, 2.45) is 14.1 Å². The van der Waals surface area contributed by atoms with Gasteiger partial charge in [-0.1, -0.05) is 12.1 Å². The summed E-state index contributed by atoms with van der Waals surface area (Å²) in [6.45, 7) is 0.0390. The number of ketones is 1. The molecule has 0 saturated carbocycles. The maximum Gasteiger partial charge on any atom is 0.332 e. The summed E-state index contributed by atoms with van der Waals surface area (Å²) in [4.78, 5) is 40.7. The Morgan fingerprint density at radius 1 is 1.15 bits per heavy atom. The van der Waals surface area contributed by atoms with E-state index in [9.17, 15) is 14.4 Å². The lowest BCUT2D eigenvalue weighted by Gasteiger charge is -2.06. The number of nitriles is 1. The summed E-state index contributed by atoms with van der Waals surface area (Å²) in [7, 11) is 2.95. The number of hydrogen-bond acceptors (Lipinski definition) is 5. The average molecular weight is 365 g/mol. The number of benzene rings is 1. The van der Waals surface area contributed by atoms with Crippen LogP contribution in [0.3, 0.4) is 0 Å². The fourth-order valence-corrected chi connectivity index (χ4v) is 3.02. The van der Waals surface area contributed by atoms with E-state index < -0.39 is 11.2 Å². The third kappa shape index (κ3) is 3.58. The van der Waals surface area contributed by atoms with Crippen LogP contribution in [-0.2, 0) is 31.9 Å². The van der Waals surface area contributed by atoms with E-state index in [1.54, 1.807) is 19.2 Å². The van der Waals surface area contributed by atoms with Gasteiger partial charge in [-0.05, 0) is 30.5 Å². The van der Waals surface area contributed by atoms with Gasteiger partial charge >= 0.3 is 5.69 Å². The van der Waals surface area contributed by atoms with Gasteiger partial charge < -0.3 is 4.57 Å². The zero-order chi connectivity index (χ0) is 19.6. The first-order valence-corrected chi connectivity index (χ1v) is 8.54. The molecule has 0 spiro atoms. The Bertz CT molecular complexity index is 1160. The Morgan fingerprint density at radius 3 is 2.52 bits per heavy atom. The summed E-state index contributed by atoms with van der Waals surface area (Å²) in [5.74, 6) is -0.0150. The highest BCUT2D eigenvalue weighted by Gasteiger charge is 2.15. The van der Waals surface area contributed by atoms with Crippen LogP contribution in [0.1, 0.15) is 24.0 Å². The van der Waals surface area contributed by atoms with Crippen molar-refractivity contribution in [3.63, 3.8) is 0 Å². The van der Waals surface area contributed by atoms with Crippen molar-refractivity contribution < 1.29 is 4.79 Å². The molecule has 0 bridgehead atoms. The Balaban J connectivity index is 1.68. The third-order valence-electron chi connectivity index (χ3n) is 4.57. The van der Waals surface area contributed by atoms with Crippen LogP contribution >= 0.6 is 0 Å². The molecule has 0 saturated heterocycles. The Labute approximate surface area is 154 Å². The highest BCUT2D eigenvalue weighted by atomic mass is 16.2. The second-order valence-electron chi connectivity index (χ2n) is 6.45. The van der Waals surface area contributed by atoms with Gasteiger partial charge in [0, 0.05) is 20.5 Å². The zero-order valence-electron chi connectivity index (χ0n) is 15.2. The molecule has 2 heterocycles. The first-order valence-electron chi connectivity index (χ1n) is 8.54. The number of imidazole rings is 1. The monoisotopic (exact) mass is 365 g/mol.